The summed E-state index contributed by atoms with van der Waals surface area (Å²) >= 11 is 0. The summed E-state index contributed by atoms with van der Waals surface area (Å²) in [6.45, 7) is 6.92. The van der Waals surface area contributed by atoms with Crippen LogP contribution in [0.25, 0.3) is 0 Å². The van der Waals surface area contributed by atoms with Crippen LogP contribution in [-0.2, 0) is 0 Å². The number of nitrogens with zero attached hydrogens (tertiary/aromatic N) is 1. The van der Waals surface area contributed by atoms with Gasteiger partial charge in [0.2, 0.25) is 0 Å². The number of amides is 2. The van der Waals surface area contributed by atoms with E-state index < -0.39 is 0 Å². The zero-order chi connectivity index (χ0) is 18.2. The van der Waals surface area contributed by atoms with Crippen molar-refractivity contribution >= 4 is 17.5 Å². The molecule has 2 rings (SSSR count). The molecule has 0 atom stereocenters. The smallest absolute Gasteiger partial charge is 0.257 e. The van der Waals surface area contributed by atoms with Crippen LogP contribution in [0.2, 0.25) is 0 Å². The van der Waals surface area contributed by atoms with Gasteiger partial charge in [0.05, 0.1) is 11.1 Å². The summed E-state index contributed by atoms with van der Waals surface area (Å²) in [7, 11) is 0. The molecule has 132 valence electrons. The Kier molecular flexibility index (Phi) is 6.69. The summed E-state index contributed by atoms with van der Waals surface area (Å²) in [5.41, 5.74) is 2.67. The minimum Gasteiger partial charge on any atom is -0.352 e. The highest BCUT2D eigenvalue weighted by Crippen LogP contribution is 2.17. The van der Waals surface area contributed by atoms with Gasteiger partial charge in [-0.05, 0) is 36.1 Å². The Morgan fingerprint density at radius 3 is 2.28 bits per heavy atom. The fraction of sp³-hybridized carbons (Fsp3) is 0.350. The molecule has 0 spiro atoms. The number of hydrogen-bond donors (Lipinski definition) is 2. The van der Waals surface area contributed by atoms with E-state index in [4.69, 9.17) is 0 Å². The standard InChI is InChI=1S/C20H25N3O2/c1-4-5-10-22-19(24)16-11-17(13-21-12-16)20(25)23-18-8-6-15(7-9-18)14(2)3/h6-9,11-14H,4-5,10H2,1-3H3,(H,22,24)(H,23,25). The number of anilines is 1. The van der Waals surface area contributed by atoms with Crippen LogP contribution in [0.1, 0.15) is 65.8 Å². The van der Waals surface area contributed by atoms with Crippen molar-refractivity contribution in [3.8, 4) is 0 Å². The summed E-state index contributed by atoms with van der Waals surface area (Å²) in [6.07, 6.45) is 4.86. The topological polar surface area (TPSA) is 71.1 Å². The maximum Gasteiger partial charge on any atom is 0.257 e. The van der Waals surface area contributed by atoms with Gasteiger partial charge in [-0.15, -0.1) is 0 Å². The van der Waals surface area contributed by atoms with Crippen molar-refractivity contribution in [2.24, 2.45) is 0 Å². The van der Waals surface area contributed by atoms with Crippen LogP contribution in [0.4, 0.5) is 5.69 Å². The van der Waals surface area contributed by atoms with E-state index in [1.165, 1.54) is 18.0 Å². The lowest BCUT2D eigenvalue weighted by Crippen LogP contribution is -2.25. The Labute approximate surface area is 148 Å². The van der Waals surface area contributed by atoms with E-state index in [0.717, 1.165) is 12.8 Å². The lowest BCUT2D eigenvalue weighted by Gasteiger charge is -2.09. The maximum atomic E-state index is 12.4. The lowest BCUT2D eigenvalue weighted by molar-refractivity contribution is 0.0953. The average Bonchev–Trinajstić information content (AvgIpc) is 2.62. The largest absolute Gasteiger partial charge is 0.352 e. The summed E-state index contributed by atoms with van der Waals surface area (Å²) in [5.74, 6) is -0.0539. The molecule has 2 aromatic rings. The number of rotatable bonds is 7. The van der Waals surface area contributed by atoms with E-state index >= 15 is 0 Å². The number of nitrogens with one attached hydrogen (secondary N) is 2. The Morgan fingerprint density at radius 2 is 1.68 bits per heavy atom. The van der Waals surface area contributed by atoms with E-state index in [1.807, 2.05) is 24.3 Å². The molecule has 1 aromatic heterocycles. The number of carbonyl (C=O) groups excluding carboxylic acids is 2. The third kappa shape index (κ3) is 5.41. The van der Waals surface area contributed by atoms with Crippen LogP contribution < -0.4 is 10.6 Å². The SMILES string of the molecule is CCCCNC(=O)c1cncc(C(=O)Nc2ccc(C(C)C)cc2)c1. The number of unbranched alkanes of at least 4 members (excludes halogenated alkanes) is 1. The molecule has 5 nitrogen and oxygen atoms in total. The Morgan fingerprint density at radius 1 is 1.04 bits per heavy atom. The van der Waals surface area contributed by atoms with Gasteiger partial charge in [-0.3, -0.25) is 14.6 Å². The van der Waals surface area contributed by atoms with Gasteiger partial charge >= 0.3 is 0 Å². The highest BCUT2D eigenvalue weighted by Gasteiger charge is 2.11. The fourth-order valence-corrected chi connectivity index (χ4v) is 2.32. The molecule has 0 aliphatic heterocycles. The molecule has 2 N–H and O–H groups in total. The Hall–Kier alpha value is -2.69. The first-order valence-electron chi connectivity index (χ1n) is 8.65. The van der Waals surface area contributed by atoms with Gasteiger partial charge in [-0.25, -0.2) is 0 Å². The molecular formula is C20H25N3O2. The van der Waals surface area contributed by atoms with Crippen molar-refractivity contribution in [3.63, 3.8) is 0 Å². The summed E-state index contributed by atoms with van der Waals surface area (Å²) in [4.78, 5) is 28.5. The normalized spacial score (nSPS) is 10.6. The molecule has 2 amide bonds. The predicted octanol–water partition coefficient (Wildman–Crippen LogP) is 3.99. The van der Waals surface area contributed by atoms with Crippen LogP contribution >= 0.6 is 0 Å². The molecule has 0 aliphatic rings. The zero-order valence-electron chi connectivity index (χ0n) is 15.0. The van der Waals surface area contributed by atoms with Crippen LogP contribution in [0.15, 0.2) is 42.7 Å². The fourth-order valence-electron chi connectivity index (χ4n) is 2.32. The summed E-state index contributed by atoms with van der Waals surface area (Å²) in [6, 6.07) is 9.31. The third-order valence-electron chi connectivity index (χ3n) is 3.91. The second kappa shape index (κ2) is 8.97. The number of aromatic nitrogens is 1. The molecule has 0 radical (unpaired) electrons. The molecule has 1 aromatic carbocycles. The third-order valence-corrected chi connectivity index (χ3v) is 3.91. The predicted molar refractivity (Wildman–Crippen MR) is 100.0 cm³/mol. The van der Waals surface area contributed by atoms with Gasteiger partial charge in [-0.1, -0.05) is 39.3 Å². The highest BCUT2D eigenvalue weighted by atomic mass is 16.2. The Bertz CT molecular complexity index is 724. The van der Waals surface area contributed by atoms with E-state index in [1.54, 1.807) is 6.07 Å². The minimum absolute atomic E-state index is 0.211. The minimum atomic E-state index is -0.284. The Balaban J connectivity index is 2.04. The van der Waals surface area contributed by atoms with Crippen molar-refractivity contribution in [2.45, 2.75) is 39.5 Å². The monoisotopic (exact) mass is 339 g/mol. The molecule has 25 heavy (non-hydrogen) atoms. The van der Waals surface area contributed by atoms with Crippen LogP contribution in [0.5, 0.6) is 0 Å². The van der Waals surface area contributed by atoms with Gasteiger partial charge in [-0.2, -0.15) is 0 Å². The molecule has 0 bridgehead atoms. The van der Waals surface area contributed by atoms with Crippen LogP contribution in [0.3, 0.4) is 0 Å². The second-order valence-electron chi connectivity index (χ2n) is 6.30. The van der Waals surface area contributed by atoms with E-state index in [2.05, 4.69) is 36.4 Å². The van der Waals surface area contributed by atoms with Crippen molar-refractivity contribution in [2.75, 3.05) is 11.9 Å². The van der Waals surface area contributed by atoms with Gasteiger partial charge in [0.25, 0.3) is 11.8 Å². The number of carbonyl (C=O) groups is 2. The van der Waals surface area contributed by atoms with E-state index in [-0.39, 0.29) is 11.8 Å². The van der Waals surface area contributed by atoms with Gasteiger partial charge in [0.15, 0.2) is 0 Å². The van der Waals surface area contributed by atoms with Crippen LogP contribution in [-0.4, -0.2) is 23.3 Å². The van der Waals surface area contributed by atoms with Gasteiger partial charge < -0.3 is 10.6 Å². The first kappa shape index (κ1) is 18.6. The summed E-state index contributed by atoms with van der Waals surface area (Å²) < 4.78 is 0. The van der Waals surface area contributed by atoms with Crippen LogP contribution in [0, 0.1) is 0 Å². The first-order chi connectivity index (χ1) is 12.0. The van der Waals surface area contributed by atoms with Gasteiger partial charge in [0, 0.05) is 24.6 Å². The van der Waals surface area contributed by atoms with E-state index in [9.17, 15) is 9.59 Å². The van der Waals surface area contributed by atoms with Crippen molar-refractivity contribution in [1.82, 2.24) is 10.3 Å². The highest BCUT2D eigenvalue weighted by molar-refractivity contribution is 6.05. The number of benzene rings is 1. The first-order valence-corrected chi connectivity index (χ1v) is 8.65. The molecule has 0 unspecified atom stereocenters. The van der Waals surface area contributed by atoms with E-state index in [0.29, 0.717) is 29.3 Å². The molecule has 0 saturated heterocycles. The van der Waals surface area contributed by atoms with Crippen molar-refractivity contribution in [3.05, 3.63) is 59.4 Å². The molecule has 0 fully saturated rings. The molecule has 1 heterocycles. The zero-order valence-corrected chi connectivity index (χ0v) is 15.0. The second-order valence-corrected chi connectivity index (χ2v) is 6.30. The molecule has 0 saturated carbocycles. The number of pyridine rings is 1. The molecular weight excluding hydrogens is 314 g/mol. The maximum absolute atomic E-state index is 12.4. The summed E-state index contributed by atoms with van der Waals surface area (Å²) in [5, 5.41) is 5.65. The quantitative estimate of drug-likeness (QED) is 0.749. The lowest BCUT2D eigenvalue weighted by atomic mass is 10.0. The molecule has 5 heteroatoms. The molecule has 0 aliphatic carbocycles. The average molecular weight is 339 g/mol. The number of hydrogen-bond acceptors (Lipinski definition) is 3. The van der Waals surface area contributed by atoms with Crippen molar-refractivity contribution in [1.29, 1.82) is 0 Å². The van der Waals surface area contributed by atoms with Gasteiger partial charge in [0.1, 0.15) is 0 Å². The van der Waals surface area contributed by atoms with Crippen molar-refractivity contribution < 1.29 is 9.59 Å².